The van der Waals surface area contributed by atoms with Crippen LogP contribution in [-0.4, -0.2) is 58.4 Å². The highest BCUT2D eigenvalue weighted by Gasteiger charge is 2.16. The van der Waals surface area contributed by atoms with Gasteiger partial charge in [-0.2, -0.15) is 5.26 Å². The molecule has 4 aromatic rings. The molecule has 4 rings (SSSR count). The van der Waals surface area contributed by atoms with Crippen LogP contribution in [0.2, 0.25) is 0 Å². The van der Waals surface area contributed by atoms with Crippen molar-refractivity contribution in [3.63, 3.8) is 0 Å². The number of hydrogen-bond acceptors (Lipinski definition) is 9. The highest BCUT2D eigenvalue weighted by atomic mass is 32.1. The van der Waals surface area contributed by atoms with E-state index < -0.39 is 18.0 Å². The summed E-state index contributed by atoms with van der Waals surface area (Å²) < 4.78 is 26.4. The number of benzene rings is 2. The average Bonchev–Trinajstić information content (AvgIpc) is 3.44. The maximum Gasteiger partial charge on any atom is 0.325 e. The molecule has 0 unspecified atom stereocenters. The van der Waals surface area contributed by atoms with E-state index in [9.17, 15) is 19.6 Å². The summed E-state index contributed by atoms with van der Waals surface area (Å²) in [5.41, 5.74) is 0.706. The number of aliphatic hydroxyl groups is 1. The Balaban J connectivity index is 1.48. The van der Waals surface area contributed by atoms with E-state index in [2.05, 4.69) is 31.6 Å². The first kappa shape index (κ1) is 27.7. The minimum absolute atomic E-state index is 0.0222. The van der Waals surface area contributed by atoms with Crippen LogP contribution in [-0.2, 0) is 0 Å². The summed E-state index contributed by atoms with van der Waals surface area (Å²) in [7, 11) is 0. The smallest absolute Gasteiger partial charge is 0.325 e. The molecular formula is C27H27FN6O4S. The average molecular weight is 551 g/mol. The molecule has 0 saturated heterocycles. The molecule has 0 aliphatic carbocycles. The molecule has 2 heterocycles. The fraction of sp³-hybridized carbons (Fsp3) is 0.259. The van der Waals surface area contributed by atoms with Crippen molar-refractivity contribution in [3.8, 4) is 23.3 Å². The molecule has 10 nitrogen and oxygen atoms in total. The number of likely N-dealkylation sites (N-methyl/N-ethyl adjacent to an activating group) is 1. The van der Waals surface area contributed by atoms with Crippen LogP contribution in [0.5, 0.6) is 17.2 Å². The van der Waals surface area contributed by atoms with E-state index in [-0.39, 0.29) is 23.6 Å². The Morgan fingerprint density at radius 3 is 2.67 bits per heavy atom. The van der Waals surface area contributed by atoms with E-state index in [1.165, 1.54) is 29.7 Å². The van der Waals surface area contributed by atoms with Gasteiger partial charge in [-0.3, -0.25) is 10.3 Å². The lowest BCUT2D eigenvalue weighted by atomic mass is 10.1. The third-order valence-electron chi connectivity index (χ3n) is 5.79. The van der Waals surface area contributed by atoms with Gasteiger partial charge in [-0.25, -0.2) is 14.2 Å². The molecule has 1 atom stereocenters. The molecule has 0 radical (unpaired) electrons. The van der Waals surface area contributed by atoms with Gasteiger partial charge in [0, 0.05) is 41.8 Å². The van der Waals surface area contributed by atoms with Gasteiger partial charge in [0.2, 0.25) is 0 Å². The lowest BCUT2D eigenvalue weighted by Crippen LogP contribution is -2.35. The van der Waals surface area contributed by atoms with Crippen molar-refractivity contribution in [2.75, 3.05) is 36.9 Å². The number of anilines is 2. The van der Waals surface area contributed by atoms with Crippen molar-refractivity contribution in [2.24, 2.45) is 0 Å². The number of fused-ring (bicyclic) bond motifs is 1. The maximum atomic E-state index is 14.7. The van der Waals surface area contributed by atoms with Crippen molar-refractivity contribution in [1.29, 1.82) is 5.26 Å². The molecule has 0 bridgehead atoms. The fourth-order valence-corrected chi connectivity index (χ4v) is 4.31. The fourth-order valence-electron chi connectivity index (χ4n) is 3.79. The number of amides is 2. The van der Waals surface area contributed by atoms with Crippen LogP contribution >= 0.6 is 11.3 Å². The zero-order valence-corrected chi connectivity index (χ0v) is 22.2. The van der Waals surface area contributed by atoms with Crippen molar-refractivity contribution in [2.45, 2.75) is 20.0 Å². The van der Waals surface area contributed by atoms with Gasteiger partial charge in [0.15, 0.2) is 5.13 Å². The van der Waals surface area contributed by atoms with Crippen LogP contribution in [0.4, 0.5) is 20.0 Å². The minimum Gasteiger partial charge on any atom is -0.489 e. The second-order valence-electron chi connectivity index (χ2n) is 8.40. The van der Waals surface area contributed by atoms with E-state index in [1.807, 2.05) is 13.8 Å². The zero-order chi connectivity index (χ0) is 27.8. The molecule has 12 heteroatoms. The number of carbonyl (C=O) groups excluding carboxylic acids is 1. The summed E-state index contributed by atoms with van der Waals surface area (Å²) in [5, 5.41) is 27.6. The first-order valence-corrected chi connectivity index (χ1v) is 13.1. The number of pyridine rings is 1. The van der Waals surface area contributed by atoms with Gasteiger partial charge in [-0.1, -0.05) is 13.8 Å². The molecule has 2 amide bonds. The number of aliphatic hydroxyl groups excluding tert-OH is 1. The lowest BCUT2D eigenvalue weighted by molar-refractivity contribution is 0.0716. The van der Waals surface area contributed by atoms with E-state index >= 15 is 0 Å². The van der Waals surface area contributed by atoms with Gasteiger partial charge in [0.1, 0.15) is 41.8 Å². The van der Waals surface area contributed by atoms with Crippen LogP contribution in [0.3, 0.4) is 0 Å². The van der Waals surface area contributed by atoms with Crippen molar-refractivity contribution in [1.82, 2.24) is 14.9 Å². The molecule has 0 aliphatic rings. The van der Waals surface area contributed by atoms with Crippen molar-refractivity contribution in [3.05, 3.63) is 65.6 Å². The normalized spacial score (nSPS) is 11.7. The number of aromatic nitrogens is 2. The number of hydrogen-bond donors (Lipinski definition) is 3. The second-order valence-corrected chi connectivity index (χ2v) is 9.29. The number of ether oxygens (including phenoxy) is 2. The van der Waals surface area contributed by atoms with E-state index in [0.29, 0.717) is 34.1 Å². The molecule has 39 heavy (non-hydrogen) atoms. The zero-order valence-electron chi connectivity index (χ0n) is 21.3. The molecule has 2 aromatic heterocycles. The van der Waals surface area contributed by atoms with E-state index in [1.54, 1.807) is 29.8 Å². The predicted molar refractivity (Wildman–Crippen MR) is 147 cm³/mol. The summed E-state index contributed by atoms with van der Waals surface area (Å²) in [6, 6.07) is 10.3. The SMILES string of the molecule is CCN(CC)C[C@H](O)COc1cc2nccc(Oc3ccc(NC(=O)Nc4nccs4)c(F)c3)c2cc1C#N. The summed E-state index contributed by atoms with van der Waals surface area (Å²) in [5.74, 6) is 0.137. The quantitative estimate of drug-likeness (QED) is 0.232. The third-order valence-corrected chi connectivity index (χ3v) is 6.48. The van der Waals surface area contributed by atoms with Crippen LogP contribution < -0.4 is 20.1 Å². The largest absolute Gasteiger partial charge is 0.489 e. The molecular weight excluding hydrogens is 523 g/mol. The molecule has 0 fully saturated rings. The number of halogens is 1. The minimum atomic E-state index is -0.722. The van der Waals surface area contributed by atoms with Gasteiger partial charge < -0.3 is 24.8 Å². The molecule has 2 aromatic carbocycles. The number of nitriles is 1. The van der Waals surface area contributed by atoms with Crippen molar-refractivity contribution < 1.29 is 23.8 Å². The Morgan fingerprint density at radius 1 is 1.15 bits per heavy atom. The summed E-state index contributed by atoms with van der Waals surface area (Å²) >= 11 is 1.24. The van der Waals surface area contributed by atoms with Gasteiger partial charge >= 0.3 is 6.03 Å². The lowest BCUT2D eigenvalue weighted by Gasteiger charge is -2.22. The number of carbonyl (C=O) groups is 1. The Kier molecular flexibility index (Phi) is 9.22. The number of nitrogens with zero attached hydrogens (tertiary/aromatic N) is 4. The van der Waals surface area contributed by atoms with Gasteiger partial charge in [-0.05, 0) is 37.4 Å². The molecule has 0 aliphatic heterocycles. The highest BCUT2D eigenvalue weighted by molar-refractivity contribution is 7.13. The van der Waals surface area contributed by atoms with Gasteiger partial charge in [0.05, 0.1) is 16.8 Å². The summed E-state index contributed by atoms with van der Waals surface area (Å²) in [6.07, 6.45) is 2.35. The van der Waals surface area contributed by atoms with Crippen LogP contribution in [0, 0.1) is 17.1 Å². The standard InChI is InChI=1S/C27H27FN6O4S/c1-3-34(4-2)15-18(35)16-37-25-13-23-20(11-17(25)14-29)24(7-8-30-23)38-19-5-6-22(21(28)12-19)32-26(36)33-27-31-9-10-39-27/h5-13,18,35H,3-4,15-16H2,1-2H3,(H2,31,32,33,36)/t18-/m0/s1. The first-order chi connectivity index (χ1) is 18.9. The van der Waals surface area contributed by atoms with Crippen LogP contribution in [0.1, 0.15) is 19.4 Å². The number of rotatable bonds is 11. The predicted octanol–water partition coefficient (Wildman–Crippen LogP) is 5.22. The molecule has 202 valence electrons. The number of nitrogens with one attached hydrogen (secondary N) is 2. The monoisotopic (exact) mass is 550 g/mol. The van der Waals surface area contributed by atoms with Gasteiger partial charge in [0.25, 0.3) is 0 Å². The Bertz CT molecular complexity index is 1470. The second kappa shape index (κ2) is 13.0. The van der Waals surface area contributed by atoms with E-state index in [4.69, 9.17) is 9.47 Å². The van der Waals surface area contributed by atoms with Crippen LogP contribution in [0.15, 0.2) is 54.2 Å². The maximum absolute atomic E-state index is 14.7. The molecule has 0 saturated carbocycles. The Hall–Kier alpha value is -4.31. The summed E-state index contributed by atoms with van der Waals surface area (Å²) in [4.78, 5) is 22.5. The number of thiazole rings is 1. The first-order valence-electron chi connectivity index (χ1n) is 12.2. The Labute approximate surface area is 228 Å². The van der Waals surface area contributed by atoms with Crippen molar-refractivity contribution >= 4 is 39.1 Å². The van der Waals surface area contributed by atoms with E-state index in [0.717, 1.165) is 19.2 Å². The topological polar surface area (TPSA) is 133 Å². The van der Waals surface area contributed by atoms with Gasteiger partial charge in [-0.15, -0.1) is 11.3 Å². The third kappa shape index (κ3) is 7.17. The highest BCUT2D eigenvalue weighted by Crippen LogP contribution is 2.34. The Morgan fingerprint density at radius 2 is 1.97 bits per heavy atom. The molecule has 0 spiro atoms. The summed E-state index contributed by atoms with van der Waals surface area (Å²) in [6.45, 7) is 6.14. The molecule has 3 N–H and O–H groups in total. The van der Waals surface area contributed by atoms with Crippen LogP contribution in [0.25, 0.3) is 10.9 Å². The number of urea groups is 1.